The lowest BCUT2D eigenvalue weighted by Gasteiger charge is -2.05. The van der Waals surface area contributed by atoms with Gasteiger partial charge in [0.2, 0.25) is 5.95 Å². The smallest absolute Gasteiger partial charge is 0.222 e. The zero-order valence-electron chi connectivity index (χ0n) is 11.8. The number of nitrogens with two attached hydrogens (primary N) is 1. The van der Waals surface area contributed by atoms with Gasteiger partial charge in [0.1, 0.15) is 17.5 Å². The van der Waals surface area contributed by atoms with Crippen molar-refractivity contribution in [2.75, 3.05) is 17.6 Å². The molecule has 21 heavy (non-hydrogen) atoms. The number of aromatic nitrogens is 5. The van der Waals surface area contributed by atoms with Gasteiger partial charge in [0.25, 0.3) is 0 Å². The lowest BCUT2D eigenvalue weighted by atomic mass is 10.3. The van der Waals surface area contributed by atoms with Gasteiger partial charge in [0.15, 0.2) is 11.3 Å². The standard InChI is InChI=1S/C13H17N7O/c1-2-3-5-15-12-11-10(16-13(14)17-12)8-20(18-11)7-9-4-6-21-19-9/h4,6,8H,2-3,5,7H2,1H3,(H3,14,15,16,17). The Morgan fingerprint density at radius 1 is 1.38 bits per heavy atom. The lowest BCUT2D eigenvalue weighted by Crippen LogP contribution is -2.06. The van der Waals surface area contributed by atoms with Gasteiger partial charge in [-0.1, -0.05) is 18.5 Å². The second-order valence-corrected chi connectivity index (χ2v) is 4.76. The molecule has 0 unspecified atom stereocenters. The number of nitrogens with zero attached hydrogens (tertiary/aromatic N) is 5. The first-order valence-electron chi connectivity index (χ1n) is 6.90. The fourth-order valence-corrected chi connectivity index (χ4v) is 2.05. The zero-order chi connectivity index (χ0) is 14.7. The highest BCUT2D eigenvalue weighted by atomic mass is 16.5. The summed E-state index contributed by atoms with van der Waals surface area (Å²) in [6.07, 6.45) is 5.53. The molecule has 8 heteroatoms. The maximum atomic E-state index is 5.75. The second-order valence-electron chi connectivity index (χ2n) is 4.76. The molecule has 0 radical (unpaired) electrons. The minimum absolute atomic E-state index is 0.238. The summed E-state index contributed by atoms with van der Waals surface area (Å²) in [6, 6.07) is 1.80. The van der Waals surface area contributed by atoms with Crippen LogP contribution in [0.15, 0.2) is 23.0 Å². The Morgan fingerprint density at radius 2 is 2.29 bits per heavy atom. The topological polar surface area (TPSA) is 108 Å². The predicted molar refractivity (Wildman–Crippen MR) is 78.7 cm³/mol. The van der Waals surface area contributed by atoms with Crippen molar-refractivity contribution >= 4 is 22.8 Å². The molecular formula is C13H17N7O. The van der Waals surface area contributed by atoms with Crippen LogP contribution in [0.3, 0.4) is 0 Å². The largest absolute Gasteiger partial charge is 0.368 e. The summed E-state index contributed by atoms with van der Waals surface area (Å²) in [5.74, 6) is 0.910. The van der Waals surface area contributed by atoms with Crippen molar-refractivity contribution in [3.8, 4) is 0 Å². The first-order valence-corrected chi connectivity index (χ1v) is 6.90. The van der Waals surface area contributed by atoms with Gasteiger partial charge in [-0.25, -0.2) is 4.98 Å². The molecule has 0 aliphatic carbocycles. The minimum atomic E-state index is 0.238. The summed E-state index contributed by atoms with van der Waals surface area (Å²) >= 11 is 0. The molecule has 0 amide bonds. The molecule has 0 saturated carbocycles. The SMILES string of the molecule is CCCCNc1nc(N)nc2cn(Cc3ccon3)nc12. The van der Waals surface area contributed by atoms with E-state index in [1.54, 1.807) is 10.7 Å². The molecule has 3 aromatic rings. The molecule has 3 heterocycles. The van der Waals surface area contributed by atoms with E-state index in [2.05, 4.69) is 32.5 Å². The highest BCUT2D eigenvalue weighted by molar-refractivity contribution is 5.85. The van der Waals surface area contributed by atoms with E-state index in [-0.39, 0.29) is 5.95 Å². The summed E-state index contributed by atoms with van der Waals surface area (Å²) in [5.41, 5.74) is 7.97. The van der Waals surface area contributed by atoms with Crippen molar-refractivity contribution in [3.05, 3.63) is 24.2 Å². The summed E-state index contributed by atoms with van der Waals surface area (Å²) in [4.78, 5) is 8.44. The number of rotatable bonds is 6. The van der Waals surface area contributed by atoms with Crippen LogP contribution in [-0.4, -0.2) is 31.4 Å². The molecule has 0 spiro atoms. The molecule has 0 saturated heterocycles. The number of hydrogen-bond donors (Lipinski definition) is 2. The predicted octanol–water partition coefficient (Wildman–Crippen LogP) is 1.66. The number of fused-ring (bicyclic) bond motifs is 1. The Bertz CT molecular complexity index is 720. The van der Waals surface area contributed by atoms with Crippen LogP contribution in [0.5, 0.6) is 0 Å². The molecular weight excluding hydrogens is 270 g/mol. The average Bonchev–Trinajstić information content (AvgIpc) is 3.08. The Kier molecular flexibility index (Phi) is 3.67. The van der Waals surface area contributed by atoms with E-state index < -0.39 is 0 Å². The van der Waals surface area contributed by atoms with E-state index >= 15 is 0 Å². The van der Waals surface area contributed by atoms with Crippen LogP contribution in [0.2, 0.25) is 0 Å². The number of nitrogen functional groups attached to an aromatic ring is 1. The molecule has 3 N–H and O–H groups in total. The molecule has 0 atom stereocenters. The van der Waals surface area contributed by atoms with Crippen molar-refractivity contribution in [3.63, 3.8) is 0 Å². The normalized spacial score (nSPS) is 11.1. The molecule has 0 fully saturated rings. The fraction of sp³-hybridized carbons (Fsp3) is 0.385. The highest BCUT2D eigenvalue weighted by Crippen LogP contribution is 2.20. The first-order chi connectivity index (χ1) is 10.3. The van der Waals surface area contributed by atoms with E-state index in [9.17, 15) is 0 Å². The molecule has 0 aliphatic heterocycles. The number of anilines is 2. The second kappa shape index (κ2) is 5.78. The van der Waals surface area contributed by atoms with Gasteiger partial charge in [0, 0.05) is 12.6 Å². The zero-order valence-corrected chi connectivity index (χ0v) is 11.8. The van der Waals surface area contributed by atoms with Crippen molar-refractivity contribution < 1.29 is 4.52 Å². The number of unbranched alkanes of at least 4 members (excludes halogenated alkanes) is 1. The van der Waals surface area contributed by atoms with Gasteiger partial charge >= 0.3 is 0 Å². The monoisotopic (exact) mass is 287 g/mol. The maximum absolute atomic E-state index is 5.75. The Labute approximate surface area is 121 Å². The number of hydrogen-bond acceptors (Lipinski definition) is 7. The maximum Gasteiger partial charge on any atom is 0.222 e. The Balaban J connectivity index is 1.90. The van der Waals surface area contributed by atoms with Crippen LogP contribution in [0.4, 0.5) is 11.8 Å². The Morgan fingerprint density at radius 3 is 3.05 bits per heavy atom. The van der Waals surface area contributed by atoms with Crippen LogP contribution in [0.25, 0.3) is 11.0 Å². The van der Waals surface area contributed by atoms with E-state index in [1.165, 1.54) is 6.26 Å². The van der Waals surface area contributed by atoms with Crippen molar-refractivity contribution in [2.45, 2.75) is 26.3 Å². The van der Waals surface area contributed by atoms with Crippen LogP contribution < -0.4 is 11.1 Å². The van der Waals surface area contributed by atoms with E-state index in [0.29, 0.717) is 23.4 Å². The van der Waals surface area contributed by atoms with Crippen LogP contribution >= 0.6 is 0 Å². The van der Waals surface area contributed by atoms with Crippen LogP contribution in [-0.2, 0) is 6.54 Å². The van der Waals surface area contributed by atoms with Gasteiger partial charge in [-0.05, 0) is 6.42 Å². The summed E-state index contributed by atoms with van der Waals surface area (Å²) in [6.45, 7) is 3.48. The van der Waals surface area contributed by atoms with Gasteiger partial charge in [-0.2, -0.15) is 10.1 Å². The van der Waals surface area contributed by atoms with E-state index in [1.807, 2.05) is 6.20 Å². The molecule has 110 valence electrons. The average molecular weight is 287 g/mol. The molecule has 3 aromatic heterocycles. The van der Waals surface area contributed by atoms with Crippen molar-refractivity contribution in [2.24, 2.45) is 0 Å². The van der Waals surface area contributed by atoms with Gasteiger partial charge in [-0.15, -0.1) is 0 Å². The van der Waals surface area contributed by atoms with E-state index in [0.717, 1.165) is 25.1 Å². The van der Waals surface area contributed by atoms with Crippen LogP contribution in [0.1, 0.15) is 25.5 Å². The lowest BCUT2D eigenvalue weighted by molar-refractivity contribution is 0.408. The Hall–Kier alpha value is -2.64. The quantitative estimate of drug-likeness (QED) is 0.664. The van der Waals surface area contributed by atoms with Crippen molar-refractivity contribution in [1.29, 1.82) is 0 Å². The summed E-state index contributed by atoms with van der Waals surface area (Å²) in [5, 5.41) is 11.6. The molecule has 8 nitrogen and oxygen atoms in total. The van der Waals surface area contributed by atoms with Crippen LogP contribution in [0, 0.1) is 0 Å². The van der Waals surface area contributed by atoms with E-state index in [4.69, 9.17) is 10.3 Å². The third-order valence-corrected chi connectivity index (χ3v) is 3.07. The third-order valence-electron chi connectivity index (χ3n) is 3.07. The minimum Gasteiger partial charge on any atom is -0.368 e. The summed E-state index contributed by atoms with van der Waals surface area (Å²) < 4.78 is 6.57. The highest BCUT2D eigenvalue weighted by Gasteiger charge is 2.11. The summed E-state index contributed by atoms with van der Waals surface area (Å²) in [7, 11) is 0. The van der Waals surface area contributed by atoms with Crippen molar-refractivity contribution in [1.82, 2.24) is 24.9 Å². The first kappa shape index (κ1) is 13.3. The molecule has 0 bridgehead atoms. The van der Waals surface area contributed by atoms with Gasteiger partial charge in [0.05, 0.1) is 12.7 Å². The third kappa shape index (κ3) is 2.93. The fourth-order valence-electron chi connectivity index (χ4n) is 2.05. The van der Waals surface area contributed by atoms with Gasteiger partial charge in [-0.3, -0.25) is 4.68 Å². The number of nitrogens with one attached hydrogen (secondary N) is 1. The molecule has 3 rings (SSSR count). The van der Waals surface area contributed by atoms with Gasteiger partial charge < -0.3 is 15.6 Å². The molecule has 0 aliphatic rings. The molecule has 0 aromatic carbocycles.